The van der Waals surface area contributed by atoms with Gasteiger partial charge in [-0.2, -0.15) is 0 Å². The van der Waals surface area contributed by atoms with E-state index in [1.807, 2.05) is 24.3 Å². The Balaban J connectivity index is 1.81. The smallest absolute Gasteiger partial charge is 0.328 e. The molecular formula is C15H14N4O3. The number of hydrogen-bond donors (Lipinski definition) is 4. The first-order valence-corrected chi connectivity index (χ1v) is 7.13. The van der Waals surface area contributed by atoms with Gasteiger partial charge in [0, 0.05) is 16.6 Å². The number of imide groups is 2. The van der Waals surface area contributed by atoms with Crippen molar-refractivity contribution in [3.05, 3.63) is 35.5 Å². The van der Waals surface area contributed by atoms with Crippen molar-refractivity contribution in [2.45, 2.75) is 12.5 Å². The Morgan fingerprint density at radius 1 is 1.00 bits per heavy atom. The second kappa shape index (κ2) is 4.67. The molecule has 1 aromatic carbocycles. The summed E-state index contributed by atoms with van der Waals surface area (Å²) in [4.78, 5) is 38.7. The summed E-state index contributed by atoms with van der Waals surface area (Å²) < 4.78 is 0. The number of nitrogens with one attached hydrogen (secondary N) is 4. The van der Waals surface area contributed by atoms with E-state index in [-0.39, 0.29) is 0 Å². The van der Waals surface area contributed by atoms with E-state index >= 15 is 0 Å². The molecule has 1 unspecified atom stereocenters. The molecule has 2 aliphatic rings. The molecule has 1 aromatic heterocycles. The molecule has 0 radical (unpaired) electrons. The lowest BCUT2D eigenvalue weighted by Crippen LogP contribution is -2.59. The Morgan fingerprint density at radius 2 is 1.73 bits per heavy atom. The molecule has 0 bridgehead atoms. The van der Waals surface area contributed by atoms with Gasteiger partial charge in [0.25, 0.3) is 0 Å². The van der Waals surface area contributed by atoms with Crippen LogP contribution in [0.1, 0.15) is 17.3 Å². The van der Waals surface area contributed by atoms with Crippen molar-refractivity contribution in [2.24, 2.45) is 5.92 Å². The summed E-state index contributed by atoms with van der Waals surface area (Å²) in [5, 5.41) is 8.64. The summed E-state index contributed by atoms with van der Waals surface area (Å²) in [5.74, 6) is -2.11. The quantitative estimate of drug-likeness (QED) is 0.570. The summed E-state index contributed by atoms with van der Waals surface area (Å²) in [6, 6.07) is 6.66. The number of barbiturate groups is 1. The van der Waals surface area contributed by atoms with Crippen LogP contribution in [-0.2, 0) is 16.0 Å². The lowest BCUT2D eigenvalue weighted by molar-refractivity contribution is -0.137. The van der Waals surface area contributed by atoms with Gasteiger partial charge < -0.3 is 10.3 Å². The highest BCUT2D eigenvalue weighted by molar-refractivity contribution is 6.16. The van der Waals surface area contributed by atoms with Gasteiger partial charge in [-0.25, -0.2) is 4.79 Å². The van der Waals surface area contributed by atoms with Gasteiger partial charge in [-0.1, -0.05) is 18.2 Å². The molecule has 1 atom stereocenters. The van der Waals surface area contributed by atoms with E-state index in [0.29, 0.717) is 6.54 Å². The molecule has 1 fully saturated rings. The molecule has 0 saturated carbocycles. The Labute approximate surface area is 125 Å². The van der Waals surface area contributed by atoms with Crippen LogP contribution >= 0.6 is 0 Å². The van der Waals surface area contributed by atoms with Gasteiger partial charge in [-0.3, -0.25) is 20.2 Å². The van der Waals surface area contributed by atoms with Crippen LogP contribution in [0.15, 0.2) is 24.3 Å². The second-order valence-electron chi connectivity index (χ2n) is 5.53. The van der Waals surface area contributed by atoms with Crippen LogP contribution in [0.5, 0.6) is 0 Å². The van der Waals surface area contributed by atoms with Crippen molar-refractivity contribution in [1.29, 1.82) is 0 Å². The van der Waals surface area contributed by atoms with Crippen molar-refractivity contribution in [1.82, 2.24) is 20.9 Å². The van der Waals surface area contributed by atoms with Crippen LogP contribution in [0.25, 0.3) is 10.9 Å². The highest BCUT2D eigenvalue weighted by Crippen LogP contribution is 2.34. The lowest BCUT2D eigenvalue weighted by atomic mass is 9.88. The number of urea groups is 1. The molecule has 4 rings (SSSR count). The summed E-state index contributed by atoms with van der Waals surface area (Å²) >= 11 is 0. The number of aromatic amines is 1. The van der Waals surface area contributed by atoms with Crippen LogP contribution in [0.3, 0.4) is 0 Å². The van der Waals surface area contributed by atoms with E-state index in [2.05, 4.69) is 20.9 Å². The Hall–Kier alpha value is -2.67. The number of carbonyl (C=O) groups is 3. The minimum absolute atomic E-state index is 0.468. The lowest BCUT2D eigenvalue weighted by Gasteiger charge is -2.31. The fourth-order valence-corrected chi connectivity index (χ4v) is 3.33. The van der Waals surface area contributed by atoms with E-state index in [4.69, 9.17) is 0 Å². The maximum absolute atomic E-state index is 12.1. The third-order valence-electron chi connectivity index (χ3n) is 4.27. The maximum atomic E-state index is 12.1. The first-order valence-electron chi connectivity index (χ1n) is 7.13. The standard InChI is InChI=1S/C15H14N4O3/c20-13-10(14(21)19-15(22)18-13)12-11-8(5-6-16-12)7-3-1-2-4-9(7)17-11/h1-4,10,12,16-17H,5-6H2,(H2,18,19,20,21,22). The van der Waals surface area contributed by atoms with Gasteiger partial charge in [0.1, 0.15) is 5.92 Å². The predicted molar refractivity (Wildman–Crippen MR) is 77.9 cm³/mol. The summed E-state index contributed by atoms with van der Waals surface area (Å²) in [7, 11) is 0. The highest BCUT2D eigenvalue weighted by Gasteiger charge is 2.43. The summed E-state index contributed by atoms with van der Waals surface area (Å²) in [5.41, 5.74) is 2.95. The van der Waals surface area contributed by atoms with Crippen molar-refractivity contribution >= 4 is 28.7 Å². The number of H-pyrrole nitrogens is 1. The van der Waals surface area contributed by atoms with Gasteiger partial charge >= 0.3 is 6.03 Å². The molecule has 2 aliphatic heterocycles. The van der Waals surface area contributed by atoms with Gasteiger partial charge in [0.15, 0.2) is 0 Å². The van der Waals surface area contributed by atoms with E-state index in [1.165, 1.54) is 0 Å². The Kier molecular flexibility index (Phi) is 2.77. The Bertz CT molecular complexity index is 790. The number of fused-ring (bicyclic) bond motifs is 3. The first-order chi connectivity index (χ1) is 10.6. The molecule has 4 N–H and O–H groups in total. The van der Waals surface area contributed by atoms with E-state index in [9.17, 15) is 14.4 Å². The molecule has 112 valence electrons. The zero-order chi connectivity index (χ0) is 15.3. The number of rotatable bonds is 1. The summed E-state index contributed by atoms with van der Waals surface area (Å²) in [6.45, 7) is 0.671. The van der Waals surface area contributed by atoms with Gasteiger partial charge in [-0.15, -0.1) is 0 Å². The van der Waals surface area contributed by atoms with Crippen LogP contribution in [0.4, 0.5) is 4.79 Å². The van der Waals surface area contributed by atoms with Crippen LogP contribution < -0.4 is 16.0 Å². The Morgan fingerprint density at radius 3 is 2.50 bits per heavy atom. The van der Waals surface area contributed by atoms with Crippen molar-refractivity contribution < 1.29 is 14.4 Å². The minimum Gasteiger partial charge on any atom is -0.357 e. The SMILES string of the molecule is O=C1NC(=O)C(C2NCCc3c2[nH]c2ccccc32)C(=O)N1. The average Bonchev–Trinajstić information content (AvgIpc) is 2.86. The number of para-hydroxylation sites is 1. The predicted octanol–water partition coefficient (Wildman–Crippen LogP) is 0.337. The zero-order valence-electron chi connectivity index (χ0n) is 11.6. The van der Waals surface area contributed by atoms with Crippen molar-refractivity contribution in [3.8, 4) is 0 Å². The number of carbonyl (C=O) groups excluding carboxylic acids is 3. The number of benzene rings is 1. The number of amides is 4. The van der Waals surface area contributed by atoms with E-state index in [1.54, 1.807) is 0 Å². The molecular weight excluding hydrogens is 284 g/mol. The van der Waals surface area contributed by atoms with Crippen LogP contribution in [0, 0.1) is 5.92 Å². The van der Waals surface area contributed by atoms with Crippen LogP contribution in [0.2, 0.25) is 0 Å². The van der Waals surface area contributed by atoms with Crippen molar-refractivity contribution in [3.63, 3.8) is 0 Å². The zero-order valence-corrected chi connectivity index (χ0v) is 11.6. The fourth-order valence-electron chi connectivity index (χ4n) is 3.33. The third kappa shape index (κ3) is 1.82. The molecule has 1 saturated heterocycles. The maximum Gasteiger partial charge on any atom is 0.328 e. The largest absolute Gasteiger partial charge is 0.357 e. The first kappa shape index (κ1) is 13.0. The molecule has 22 heavy (non-hydrogen) atoms. The minimum atomic E-state index is -0.968. The average molecular weight is 298 g/mol. The molecule has 7 nitrogen and oxygen atoms in total. The monoisotopic (exact) mass is 298 g/mol. The number of aromatic nitrogens is 1. The topological polar surface area (TPSA) is 103 Å². The molecule has 0 spiro atoms. The molecule has 4 amide bonds. The molecule has 2 aromatic rings. The molecule has 0 aliphatic carbocycles. The van der Waals surface area contributed by atoms with Gasteiger partial charge in [0.05, 0.1) is 6.04 Å². The van der Waals surface area contributed by atoms with Crippen LogP contribution in [-0.4, -0.2) is 29.4 Å². The molecule has 3 heterocycles. The summed E-state index contributed by atoms with van der Waals surface area (Å²) in [6.07, 6.45) is 0.824. The molecule has 7 heteroatoms. The van der Waals surface area contributed by atoms with Gasteiger partial charge in [0.2, 0.25) is 11.8 Å². The fraction of sp³-hybridized carbons (Fsp3) is 0.267. The third-order valence-corrected chi connectivity index (χ3v) is 4.27. The van der Waals surface area contributed by atoms with E-state index < -0.39 is 29.8 Å². The number of hydrogen-bond acceptors (Lipinski definition) is 4. The normalized spacial score (nSPS) is 22.4. The highest BCUT2D eigenvalue weighted by atomic mass is 16.2. The second-order valence-corrected chi connectivity index (χ2v) is 5.53. The van der Waals surface area contributed by atoms with E-state index in [0.717, 1.165) is 28.6 Å². The van der Waals surface area contributed by atoms with Gasteiger partial charge in [-0.05, 0) is 24.6 Å². The van der Waals surface area contributed by atoms with Crippen molar-refractivity contribution in [2.75, 3.05) is 6.54 Å².